The summed E-state index contributed by atoms with van der Waals surface area (Å²) in [6, 6.07) is 7.96. The minimum Gasteiger partial charge on any atom is -0.497 e. The van der Waals surface area contributed by atoms with E-state index in [0.717, 1.165) is 54.7 Å². The first kappa shape index (κ1) is 20.8. The fraction of sp³-hybridized carbons (Fsp3) is 0.522. The molecule has 28 heavy (non-hydrogen) atoms. The summed E-state index contributed by atoms with van der Waals surface area (Å²) in [7, 11) is 1.66. The molecule has 3 N–H and O–H groups in total. The van der Waals surface area contributed by atoms with Gasteiger partial charge in [0.15, 0.2) is 0 Å². The SMILES string of the molecule is C=C[C@@H]1CN2CCC1C[C@H]2[C@@H](O)c1ccnc2ccc(OC)cc12.CCCN. The highest BCUT2D eigenvalue weighted by atomic mass is 16.5. The number of rotatable bonds is 5. The van der Waals surface area contributed by atoms with Crippen molar-refractivity contribution in [1.29, 1.82) is 0 Å². The largest absolute Gasteiger partial charge is 0.497 e. The summed E-state index contributed by atoms with van der Waals surface area (Å²) in [5.41, 5.74) is 6.87. The van der Waals surface area contributed by atoms with Crippen LogP contribution in [0.3, 0.4) is 0 Å². The minimum atomic E-state index is -0.504. The molecule has 3 aliphatic rings. The first-order valence-electron chi connectivity index (χ1n) is 10.3. The number of aromatic nitrogens is 1. The summed E-state index contributed by atoms with van der Waals surface area (Å²) < 4.78 is 5.35. The quantitative estimate of drug-likeness (QED) is 0.773. The molecule has 152 valence electrons. The standard InChI is InChI=1S/C20H24N2O2.C3H9N/c1-3-13-12-22-9-7-14(13)10-19(22)20(23)16-6-8-21-18-5-4-15(24-2)11-17(16)18;1-2-3-4/h3-6,8,11,13-14,19-20,23H,1,7,9-10,12H2,2H3;2-4H2,1H3/t13-,14?,19+,20+;/m1./s1. The van der Waals surface area contributed by atoms with Gasteiger partial charge in [0.25, 0.3) is 0 Å². The predicted molar refractivity (Wildman–Crippen MR) is 114 cm³/mol. The van der Waals surface area contributed by atoms with Gasteiger partial charge in [0.2, 0.25) is 0 Å². The lowest BCUT2D eigenvalue weighted by Gasteiger charge is -2.50. The number of hydrogen-bond donors (Lipinski definition) is 2. The first-order chi connectivity index (χ1) is 13.6. The molecule has 0 saturated carbocycles. The molecule has 3 fully saturated rings. The Morgan fingerprint density at radius 1 is 1.43 bits per heavy atom. The average molecular weight is 384 g/mol. The number of benzene rings is 1. The molecule has 1 aromatic heterocycles. The number of methoxy groups -OCH3 is 1. The van der Waals surface area contributed by atoms with Gasteiger partial charge in [0, 0.05) is 24.2 Å². The molecule has 2 aromatic rings. The van der Waals surface area contributed by atoms with Gasteiger partial charge in [-0.1, -0.05) is 13.0 Å². The second kappa shape index (κ2) is 9.50. The molecular weight excluding hydrogens is 350 g/mol. The number of hydrogen-bond acceptors (Lipinski definition) is 5. The van der Waals surface area contributed by atoms with E-state index in [1.165, 1.54) is 6.42 Å². The fourth-order valence-electron chi connectivity index (χ4n) is 4.44. The van der Waals surface area contributed by atoms with E-state index in [9.17, 15) is 5.11 Å². The molecule has 0 spiro atoms. The summed E-state index contributed by atoms with van der Waals surface area (Å²) in [6.45, 7) is 8.94. The number of aliphatic hydroxyl groups excluding tert-OH is 1. The Hall–Kier alpha value is -1.95. The maximum Gasteiger partial charge on any atom is 0.119 e. The van der Waals surface area contributed by atoms with Gasteiger partial charge < -0.3 is 15.6 Å². The third kappa shape index (κ3) is 4.22. The fourth-order valence-corrected chi connectivity index (χ4v) is 4.44. The lowest BCUT2D eigenvalue weighted by Crippen LogP contribution is -2.54. The molecule has 5 atom stereocenters. The molecular formula is C23H33N3O2. The van der Waals surface area contributed by atoms with Gasteiger partial charge >= 0.3 is 0 Å². The van der Waals surface area contributed by atoms with Crippen molar-refractivity contribution < 1.29 is 9.84 Å². The second-order valence-corrected chi connectivity index (χ2v) is 7.76. The first-order valence-corrected chi connectivity index (χ1v) is 10.3. The van der Waals surface area contributed by atoms with Crippen molar-refractivity contribution in [2.75, 3.05) is 26.7 Å². The van der Waals surface area contributed by atoms with Crippen LogP contribution in [0, 0.1) is 11.8 Å². The third-order valence-electron chi connectivity index (χ3n) is 6.11. The van der Waals surface area contributed by atoms with Crippen LogP contribution in [0.15, 0.2) is 43.1 Å². The van der Waals surface area contributed by atoms with Crippen LogP contribution in [-0.4, -0.2) is 47.8 Å². The van der Waals surface area contributed by atoms with E-state index >= 15 is 0 Å². The van der Waals surface area contributed by atoms with Crippen molar-refractivity contribution in [2.45, 2.75) is 38.3 Å². The third-order valence-corrected chi connectivity index (χ3v) is 6.11. The number of piperidine rings is 3. The van der Waals surface area contributed by atoms with Gasteiger partial charge in [0.1, 0.15) is 5.75 Å². The highest BCUT2D eigenvalue weighted by molar-refractivity contribution is 5.83. The van der Waals surface area contributed by atoms with Crippen LogP contribution in [-0.2, 0) is 0 Å². The van der Waals surface area contributed by atoms with Crippen LogP contribution < -0.4 is 10.5 Å². The van der Waals surface area contributed by atoms with Crippen LogP contribution in [0.1, 0.15) is 37.9 Å². The zero-order chi connectivity index (χ0) is 20.1. The summed E-state index contributed by atoms with van der Waals surface area (Å²) in [6.07, 6.45) is 6.72. The monoisotopic (exact) mass is 383 g/mol. The zero-order valence-electron chi connectivity index (χ0n) is 17.1. The van der Waals surface area contributed by atoms with E-state index < -0.39 is 6.10 Å². The Morgan fingerprint density at radius 3 is 2.82 bits per heavy atom. The highest BCUT2D eigenvalue weighted by Crippen LogP contribution is 2.42. The molecule has 3 saturated heterocycles. The highest BCUT2D eigenvalue weighted by Gasteiger charge is 2.42. The summed E-state index contributed by atoms with van der Waals surface area (Å²) in [4.78, 5) is 6.86. The van der Waals surface area contributed by atoms with Gasteiger partial charge in [-0.25, -0.2) is 0 Å². The molecule has 2 unspecified atom stereocenters. The number of ether oxygens (including phenoxy) is 1. The average Bonchev–Trinajstić information content (AvgIpc) is 2.78. The lowest BCUT2D eigenvalue weighted by atomic mass is 9.73. The van der Waals surface area contributed by atoms with Crippen LogP contribution in [0.25, 0.3) is 10.9 Å². The smallest absolute Gasteiger partial charge is 0.119 e. The Kier molecular flexibility index (Phi) is 7.05. The van der Waals surface area contributed by atoms with E-state index in [-0.39, 0.29) is 6.04 Å². The van der Waals surface area contributed by atoms with Crippen molar-refractivity contribution in [3.05, 3.63) is 48.7 Å². The van der Waals surface area contributed by atoms with E-state index in [2.05, 4.69) is 29.5 Å². The van der Waals surface area contributed by atoms with Crippen molar-refractivity contribution in [3.63, 3.8) is 0 Å². The molecule has 1 aromatic carbocycles. The van der Waals surface area contributed by atoms with Gasteiger partial charge in [-0.15, -0.1) is 6.58 Å². The van der Waals surface area contributed by atoms with Gasteiger partial charge in [-0.3, -0.25) is 9.88 Å². The van der Waals surface area contributed by atoms with Gasteiger partial charge in [-0.05, 0) is 74.0 Å². The van der Waals surface area contributed by atoms with Gasteiger partial charge in [-0.2, -0.15) is 0 Å². The summed E-state index contributed by atoms with van der Waals surface area (Å²) >= 11 is 0. The van der Waals surface area contributed by atoms with Crippen molar-refractivity contribution in [1.82, 2.24) is 9.88 Å². The van der Waals surface area contributed by atoms with Crippen molar-refractivity contribution in [3.8, 4) is 5.75 Å². The maximum atomic E-state index is 11.2. The molecule has 5 nitrogen and oxygen atoms in total. The predicted octanol–water partition coefficient (Wildman–Crippen LogP) is 3.53. The molecule has 0 radical (unpaired) electrons. The molecule has 5 rings (SSSR count). The number of nitrogens with two attached hydrogens (primary N) is 1. The molecule has 5 heteroatoms. The number of fused-ring (bicyclic) bond motifs is 4. The number of nitrogens with zero attached hydrogens (tertiary/aromatic N) is 2. The number of aliphatic hydroxyl groups is 1. The van der Waals surface area contributed by atoms with Crippen molar-refractivity contribution >= 4 is 10.9 Å². The Labute approximate surface area is 168 Å². The second-order valence-electron chi connectivity index (χ2n) is 7.76. The van der Waals surface area contributed by atoms with Crippen LogP contribution in [0.5, 0.6) is 5.75 Å². The molecule has 4 heterocycles. The topological polar surface area (TPSA) is 71.6 Å². The lowest BCUT2D eigenvalue weighted by molar-refractivity contribution is -0.0444. The molecule has 0 amide bonds. The Morgan fingerprint density at radius 2 is 2.21 bits per heavy atom. The van der Waals surface area contributed by atoms with E-state index in [0.29, 0.717) is 11.8 Å². The van der Waals surface area contributed by atoms with Crippen LogP contribution in [0.2, 0.25) is 0 Å². The minimum absolute atomic E-state index is 0.178. The van der Waals surface area contributed by atoms with E-state index in [4.69, 9.17) is 10.5 Å². The number of pyridine rings is 1. The Bertz CT molecular complexity index is 793. The van der Waals surface area contributed by atoms with E-state index in [1.54, 1.807) is 13.3 Å². The van der Waals surface area contributed by atoms with Crippen LogP contribution >= 0.6 is 0 Å². The molecule has 2 bridgehead atoms. The summed E-state index contributed by atoms with van der Waals surface area (Å²) in [5, 5.41) is 12.1. The normalized spacial score (nSPS) is 27.0. The van der Waals surface area contributed by atoms with Crippen LogP contribution in [0.4, 0.5) is 0 Å². The summed E-state index contributed by atoms with van der Waals surface area (Å²) in [5.74, 6) is 2.01. The maximum absolute atomic E-state index is 11.2. The molecule has 3 aliphatic heterocycles. The zero-order valence-corrected chi connectivity index (χ0v) is 17.1. The van der Waals surface area contributed by atoms with Crippen molar-refractivity contribution in [2.24, 2.45) is 17.6 Å². The van der Waals surface area contributed by atoms with Gasteiger partial charge in [0.05, 0.1) is 18.7 Å². The Balaban J connectivity index is 0.000000516. The van der Waals surface area contributed by atoms with E-state index in [1.807, 2.05) is 24.3 Å². The molecule has 0 aliphatic carbocycles.